The molecule has 2 aromatic rings. The second-order valence-corrected chi connectivity index (χ2v) is 6.35. The molecule has 6 heteroatoms. The third-order valence-electron chi connectivity index (χ3n) is 2.83. The normalized spacial score (nSPS) is 10.4. The van der Waals surface area contributed by atoms with E-state index in [1.165, 1.54) is 18.4 Å². The van der Waals surface area contributed by atoms with Crippen molar-refractivity contribution in [1.82, 2.24) is 0 Å². The molecule has 0 aliphatic carbocycles. The first-order valence-electron chi connectivity index (χ1n) is 6.12. The van der Waals surface area contributed by atoms with Gasteiger partial charge in [-0.3, -0.25) is 9.59 Å². The van der Waals surface area contributed by atoms with Crippen LogP contribution in [0.5, 0.6) is 0 Å². The van der Waals surface area contributed by atoms with Crippen LogP contribution in [0.2, 0.25) is 10.0 Å². The average Bonchev–Trinajstić information content (AvgIpc) is 2.91. The predicted molar refractivity (Wildman–Crippen MR) is 84.5 cm³/mol. The maximum atomic E-state index is 12.2. The lowest BCUT2D eigenvalue weighted by molar-refractivity contribution is -0.139. The molecule has 2 rings (SSSR count). The van der Waals surface area contributed by atoms with Crippen molar-refractivity contribution in [2.45, 2.75) is 12.8 Å². The molecule has 3 nitrogen and oxygen atoms in total. The number of carbonyl (C=O) groups excluding carboxylic acids is 2. The van der Waals surface area contributed by atoms with Gasteiger partial charge in [0.2, 0.25) is 0 Å². The summed E-state index contributed by atoms with van der Waals surface area (Å²) >= 11 is 13.1. The van der Waals surface area contributed by atoms with E-state index in [2.05, 4.69) is 4.74 Å². The zero-order valence-electron chi connectivity index (χ0n) is 11.2. The van der Waals surface area contributed by atoms with Gasteiger partial charge in [-0.2, -0.15) is 0 Å². The number of halogens is 2. The molecule has 0 saturated heterocycles. The second-order valence-electron chi connectivity index (χ2n) is 4.37. The second kappa shape index (κ2) is 7.07. The first kappa shape index (κ1) is 16.0. The van der Waals surface area contributed by atoms with E-state index in [-0.39, 0.29) is 24.6 Å². The number of benzene rings is 1. The van der Waals surface area contributed by atoms with Crippen LogP contribution in [0, 0.1) is 0 Å². The largest absolute Gasteiger partial charge is 0.469 e. The number of carbonyl (C=O) groups is 2. The number of hydrogen-bond acceptors (Lipinski definition) is 4. The van der Waals surface area contributed by atoms with Gasteiger partial charge in [0.05, 0.1) is 28.5 Å². The summed E-state index contributed by atoms with van der Waals surface area (Å²) in [5, 5.41) is 0.892. The summed E-state index contributed by atoms with van der Waals surface area (Å²) in [6, 6.07) is 8.62. The molecule has 0 spiro atoms. The molecule has 0 amide bonds. The number of thiophene rings is 1. The first-order chi connectivity index (χ1) is 9.99. The lowest BCUT2D eigenvalue weighted by atomic mass is 10.1. The van der Waals surface area contributed by atoms with Crippen molar-refractivity contribution in [2.24, 2.45) is 0 Å². The van der Waals surface area contributed by atoms with E-state index < -0.39 is 0 Å². The zero-order chi connectivity index (χ0) is 15.4. The fraction of sp³-hybridized carbons (Fsp3) is 0.200. The van der Waals surface area contributed by atoms with Gasteiger partial charge in [0.25, 0.3) is 0 Å². The Bertz CT molecular complexity index is 679. The molecule has 0 atom stereocenters. The molecule has 1 aromatic carbocycles. The highest BCUT2D eigenvalue weighted by molar-refractivity contribution is 7.14. The Morgan fingerprint density at radius 3 is 2.52 bits per heavy atom. The van der Waals surface area contributed by atoms with Crippen molar-refractivity contribution >= 4 is 46.3 Å². The van der Waals surface area contributed by atoms with Crippen LogP contribution in [0.1, 0.15) is 20.1 Å². The minimum Gasteiger partial charge on any atom is -0.469 e. The molecule has 1 heterocycles. The first-order valence-corrected chi connectivity index (χ1v) is 7.69. The van der Waals surface area contributed by atoms with Gasteiger partial charge < -0.3 is 4.74 Å². The number of ether oxygens (including phenoxy) is 1. The standard InChI is InChI=1S/C15H12Cl2O3S/c1-20-15(19)8-10-3-5-14(21-10)13(18)7-9-2-4-11(16)12(17)6-9/h2-6H,7-8H2,1H3. The van der Waals surface area contributed by atoms with Crippen LogP contribution in [-0.2, 0) is 22.4 Å². The minimum absolute atomic E-state index is 0.0190. The molecule has 0 saturated carbocycles. The van der Waals surface area contributed by atoms with Gasteiger partial charge in [0, 0.05) is 11.3 Å². The minimum atomic E-state index is -0.319. The highest BCUT2D eigenvalue weighted by Crippen LogP contribution is 2.24. The average molecular weight is 343 g/mol. The Balaban J connectivity index is 2.06. The molecule has 21 heavy (non-hydrogen) atoms. The van der Waals surface area contributed by atoms with Crippen molar-refractivity contribution in [2.75, 3.05) is 7.11 Å². The fourth-order valence-electron chi connectivity index (χ4n) is 1.76. The molecule has 0 N–H and O–H groups in total. The van der Waals surface area contributed by atoms with Gasteiger partial charge in [-0.25, -0.2) is 0 Å². The van der Waals surface area contributed by atoms with E-state index in [1.54, 1.807) is 30.3 Å². The van der Waals surface area contributed by atoms with E-state index in [0.717, 1.165) is 10.4 Å². The molecule has 0 fully saturated rings. The van der Waals surface area contributed by atoms with Crippen molar-refractivity contribution < 1.29 is 14.3 Å². The Morgan fingerprint density at radius 1 is 1.10 bits per heavy atom. The Morgan fingerprint density at radius 2 is 1.86 bits per heavy atom. The van der Waals surface area contributed by atoms with Crippen LogP contribution in [0.15, 0.2) is 30.3 Å². The maximum Gasteiger partial charge on any atom is 0.310 e. The topological polar surface area (TPSA) is 43.4 Å². The summed E-state index contributed by atoms with van der Waals surface area (Å²) in [6.07, 6.45) is 0.427. The summed E-state index contributed by atoms with van der Waals surface area (Å²) < 4.78 is 4.60. The zero-order valence-corrected chi connectivity index (χ0v) is 13.5. The quantitative estimate of drug-likeness (QED) is 0.604. The third-order valence-corrected chi connectivity index (χ3v) is 4.70. The molecule has 0 aliphatic heterocycles. The summed E-state index contributed by atoms with van der Waals surface area (Å²) in [6.45, 7) is 0. The summed E-state index contributed by atoms with van der Waals surface area (Å²) in [5.74, 6) is -0.338. The van der Waals surface area contributed by atoms with Gasteiger partial charge in [-0.15, -0.1) is 11.3 Å². The molecule has 0 radical (unpaired) electrons. The van der Waals surface area contributed by atoms with E-state index in [4.69, 9.17) is 23.2 Å². The summed E-state index contributed by atoms with van der Waals surface area (Å²) in [4.78, 5) is 24.8. The number of esters is 1. The Labute approximate surface area is 136 Å². The SMILES string of the molecule is COC(=O)Cc1ccc(C(=O)Cc2ccc(Cl)c(Cl)c2)s1. The summed E-state index contributed by atoms with van der Waals surface area (Å²) in [7, 11) is 1.34. The number of hydrogen-bond donors (Lipinski definition) is 0. The molecule has 110 valence electrons. The molecular weight excluding hydrogens is 331 g/mol. The van der Waals surface area contributed by atoms with Crippen LogP contribution in [0.3, 0.4) is 0 Å². The van der Waals surface area contributed by atoms with Crippen molar-refractivity contribution in [1.29, 1.82) is 0 Å². The van der Waals surface area contributed by atoms with Gasteiger partial charge in [0.1, 0.15) is 0 Å². The van der Waals surface area contributed by atoms with E-state index in [0.29, 0.717) is 14.9 Å². The van der Waals surface area contributed by atoms with Crippen molar-refractivity contribution in [3.05, 3.63) is 55.7 Å². The van der Waals surface area contributed by atoms with Crippen LogP contribution in [0.4, 0.5) is 0 Å². The maximum absolute atomic E-state index is 12.2. The van der Waals surface area contributed by atoms with Gasteiger partial charge in [0.15, 0.2) is 5.78 Å². The molecule has 0 unspecified atom stereocenters. The molecule has 0 aliphatic rings. The van der Waals surface area contributed by atoms with Gasteiger partial charge >= 0.3 is 5.97 Å². The highest BCUT2D eigenvalue weighted by atomic mass is 35.5. The van der Waals surface area contributed by atoms with Crippen LogP contribution >= 0.6 is 34.5 Å². The number of ketones is 1. The van der Waals surface area contributed by atoms with Gasteiger partial charge in [-0.1, -0.05) is 29.3 Å². The van der Waals surface area contributed by atoms with Crippen molar-refractivity contribution in [3.63, 3.8) is 0 Å². The predicted octanol–water partition coefficient (Wildman–Crippen LogP) is 4.20. The van der Waals surface area contributed by atoms with Crippen LogP contribution in [-0.4, -0.2) is 18.9 Å². The number of Topliss-reactive ketones (excluding diaryl/α,β-unsaturated/α-hetero) is 1. The van der Waals surface area contributed by atoms with E-state index >= 15 is 0 Å². The number of methoxy groups -OCH3 is 1. The van der Waals surface area contributed by atoms with Crippen molar-refractivity contribution in [3.8, 4) is 0 Å². The van der Waals surface area contributed by atoms with Crippen LogP contribution < -0.4 is 0 Å². The number of rotatable bonds is 5. The smallest absolute Gasteiger partial charge is 0.310 e. The summed E-state index contributed by atoms with van der Waals surface area (Å²) in [5.41, 5.74) is 0.803. The highest BCUT2D eigenvalue weighted by Gasteiger charge is 2.13. The molecular formula is C15H12Cl2O3S. The lowest BCUT2D eigenvalue weighted by Gasteiger charge is -2.01. The van der Waals surface area contributed by atoms with Gasteiger partial charge in [-0.05, 0) is 29.8 Å². The molecule has 1 aromatic heterocycles. The van der Waals surface area contributed by atoms with E-state index in [9.17, 15) is 9.59 Å². The van der Waals surface area contributed by atoms with Crippen LogP contribution in [0.25, 0.3) is 0 Å². The third kappa shape index (κ3) is 4.30. The fourth-order valence-corrected chi connectivity index (χ4v) is 3.01. The lowest BCUT2D eigenvalue weighted by Crippen LogP contribution is -2.03. The van der Waals surface area contributed by atoms with E-state index in [1.807, 2.05) is 0 Å². The molecule has 0 bridgehead atoms. The Hall–Kier alpha value is -1.36. The monoisotopic (exact) mass is 342 g/mol. The Kier molecular flexibility index (Phi) is 5.39.